The van der Waals surface area contributed by atoms with Gasteiger partial charge in [-0.05, 0) is 50.7 Å². The summed E-state index contributed by atoms with van der Waals surface area (Å²) in [6.07, 6.45) is 2.87. The van der Waals surface area contributed by atoms with E-state index in [1.165, 1.54) is 31.5 Å². The predicted molar refractivity (Wildman–Crippen MR) is 82.9 cm³/mol. The summed E-state index contributed by atoms with van der Waals surface area (Å²) in [7, 11) is 2.01. The number of nitrogens with zero attached hydrogens (tertiary/aromatic N) is 2. The third kappa shape index (κ3) is 4.90. The van der Waals surface area contributed by atoms with Crippen LogP contribution in [0.3, 0.4) is 0 Å². The number of likely N-dealkylation sites (tertiary alicyclic amines) is 1. The lowest BCUT2D eigenvalue weighted by molar-refractivity contribution is -0.119. The number of carbonyl (C=O) groups excluding carboxylic acids is 1. The molecule has 0 aromatic heterocycles. The number of rotatable bonds is 7. The van der Waals surface area contributed by atoms with Crippen molar-refractivity contribution in [1.82, 2.24) is 9.80 Å². The van der Waals surface area contributed by atoms with Crippen molar-refractivity contribution >= 4 is 5.78 Å². The van der Waals surface area contributed by atoms with Crippen molar-refractivity contribution in [3.8, 4) is 0 Å². The Balaban J connectivity index is 1.78. The first-order chi connectivity index (χ1) is 10.1. The van der Waals surface area contributed by atoms with Crippen LogP contribution in [0.5, 0.6) is 0 Å². The molecule has 3 nitrogen and oxygen atoms in total. The molecule has 0 radical (unpaired) electrons. The van der Waals surface area contributed by atoms with Crippen molar-refractivity contribution in [2.45, 2.75) is 32.2 Å². The molecule has 0 saturated carbocycles. The van der Waals surface area contributed by atoms with Crippen LogP contribution in [0.2, 0.25) is 0 Å². The van der Waals surface area contributed by atoms with E-state index in [4.69, 9.17) is 0 Å². The molecule has 2 rings (SSSR count). The van der Waals surface area contributed by atoms with Gasteiger partial charge in [-0.2, -0.15) is 0 Å². The maximum absolute atomic E-state index is 12.8. The molecule has 1 aromatic rings. The topological polar surface area (TPSA) is 23.6 Å². The zero-order valence-electron chi connectivity index (χ0n) is 13.0. The zero-order valence-corrected chi connectivity index (χ0v) is 13.0. The molecule has 1 saturated heterocycles. The first kappa shape index (κ1) is 16.1. The second kappa shape index (κ2) is 7.66. The molecule has 0 aliphatic carbocycles. The van der Waals surface area contributed by atoms with E-state index in [0.717, 1.165) is 18.7 Å². The lowest BCUT2D eigenvalue weighted by atomic mass is 10.1. The Morgan fingerprint density at radius 1 is 1.38 bits per heavy atom. The molecule has 0 N–H and O–H groups in total. The van der Waals surface area contributed by atoms with E-state index in [1.807, 2.05) is 7.05 Å². The first-order valence-corrected chi connectivity index (χ1v) is 7.77. The van der Waals surface area contributed by atoms with Gasteiger partial charge in [-0.15, -0.1) is 0 Å². The van der Waals surface area contributed by atoms with E-state index in [0.29, 0.717) is 19.0 Å². The van der Waals surface area contributed by atoms with Crippen molar-refractivity contribution in [3.63, 3.8) is 0 Å². The zero-order chi connectivity index (χ0) is 15.2. The summed E-state index contributed by atoms with van der Waals surface area (Å²) in [5.41, 5.74) is 0.880. The normalized spacial score (nSPS) is 19.3. The van der Waals surface area contributed by atoms with Gasteiger partial charge in [0.1, 0.15) is 5.82 Å². The highest BCUT2D eigenvalue weighted by molar-refractivity contribution is 5.82. The third-order valence-electron chi connectivity index (χ3n) is 4.19. The monoisotopic (exact) mass is 292 g/mol. The van der Waals surface area contributed by atoms with Crippen LogP contribution < -0.4 is 0 Å². The number of halogens is 1. The second-order valence-electron chi connectivity index (χ2n) is 5.96. The van der Waals surface area contributed by atoms with E-state index in [2.05, 4.69) is 16.7 Å². The van der Waals surface area contributed by atoms with Gasteiger partial charge in [0.15, 0.2) is 5.78 Å². The minimum Gasteiger partial charge on any atom is -0.299 e. The quantitative estimate of drug-likeness (QED) is 0.771. The summed E-state index contributed by atoms with van der Waals surface area (Å²) in [6.45, 7) is 5.87. The fourth-order valence-electron chi connectivity index (χ4n) is 3.13. The van der Waals surface area contributed by atoms with Gasteiger partial charge < -0.3 is 0 Å². The number of hydrogen-bond donors (Lipinski definition) is 0. The number of hydrogen-bond acceptors (Lipinski definition) is 3. The average Bonchev–Trinajstić information content (AvgIpc) is 2.88. The van der Waals surface area contributed by atoms with Crippen LogP contribution in [-0.4, -0.2) is 54.9 Å². The molecular weight excluding hydrogens is 267 g/mol. The molecule has 0 amide bonds. The molecule has 1 fully saturated rings. The smallest absolute Gasteiger partial charge is 0.151 e. The van der Waals surface area contributed by atoms with Crippen molar-refractivity contribution < 1.29 is 9.18 Å². The summed E-state index contributed by atoms with van der Waals surface area (Å²) in [5, 5.41) is 0. The van der Waals surface area contributed by atoms with Crippen molar-refractivity contribution in [1.29, 1.82) is 0 Å². The summed E-state index contributed by atoms with van der Waals surface area (Å²) < 4.78 is 12.8. The minimum absolute atomic E-state index is 0.185. The Morgan fingerprint density at radius 3 is 2.76 bits per heavy atom. The SMILES string of the molecule is CCN1CCCC1CN(C)CC(=O)Cc1ccc(F)cc1. The van der Waals surface area contributed by atoms with Crippen LogP contribution >= 0.6 is 0 Å². The van der Waals surface area contributed by atoms with E-state index < -0.39 is 0 Å². The molecule has 1 unspecified atom stereocenters. The summed E-state index contributed by atoms with van der Waals surface area (Å²) in [5.74, 6) is -0.0747. The van der Waals surface area contributed by atoms with Crippen molar-refractivity contribution in [2.24, 2.45) is 0 Å². The minimum atomic E-state index is -0.260. The maximum atomic E-state index is 12.8. The standard InChI is InChI=1S/C17H25FN2O/c1-3-20-10-4-5-16(20)12-19(2)13-17(21)11-14-6-8-15(18)9-7-14/h6-9,16H,3-5,10-13H2,1-2H3. The average molecular weight is 292 g/mol. The van der Waals surface area contributed by atoms with Gasteiger partial charge in [-0.1, -0.05) is 19.1 Å². The molecule has 1 aromatic carbocycles. The Morgan fingerprint density at radius 2 is 2.10 bits per heavy atom. The molecule has 21 heavy (non-hydrogen) atoms. The summed E-state index contributed by atoms with van der Waals surface area (Å²) in [4.78, 5) is 16.7. The molecule has 1 heterocycles. The lowest BCUT2D eigenvalue weighted by Crippen LogP contribution is -2.40. The predicted octanol–water partition coefficient (Wildman–Crippen LogP) is 2.35. The summed E-state index contributed by atoms with van der Waals surface area (Å²) >= 11 is 0. The Labute approximate surface area is 126 Å². The molecule has 4 heteroatoms. The van der Waals surface area contributed by atoms with E-state index in [9.17, 15) is 9.18 Å². The van der Waals surface area contributed by atoms with Crippen LogP contribution in [0.25, 0.3) is 0 Å². The van der Waals surface area contributed by atoms with Gasteiger partial charge in [-0.25, -0.2) is 4.39 Å². The van der Waals surface area contributed by atoms with Crippen molar-refractivity contribution in [2.75, 3.05) is 33.2 Å². The fourth-order valence-corrected chi connectivity index (χ4v) is 3.13. The molecular formula is C17H25FN2O. The molecule has 1 aliphatic rings. The van der Waals surface area contributed by atoms with Crippen LogP contribution in [-0.2, 0) is 11.2 Å². The Hall–Kier alpha value is -1.26. The fraction of sp³-hybridized carbons (Fsp3) is 0.588. The highest BCUT2D eigenvalue weighted by Crippen LogP contribution is 2.17. The summed E-state index contributed by atoms with van der Waals surface area (Å²) in [6, 6.07) is 6.76. The highest BCUT2D eigenvalue weighted by Gasteiger charge is 2.24. The molecule has 0 bridgehead atoms. The van der Waals surface area contributed by atoms with Crippen LogP contribution in [0, 0.1) is 5.82 Å². The molecule has 1 atom stereocenters. The number of likely N-dealkylation sites (N-methyl/N-ethyl adjacent to an activating group) is 2. The van der Waals surface area contributed by atoms with E-state index in [1.54, 1.807) is 12.1 Å². The van der Waals surface area contributed by atoms with Gasteiger partial charge in [0.2, 0.25) is 0 Å². The molecule has 0 spiro atoms. The third-order valence-corrected chi connectivity index (χ3v) is 4.19. The lowest BCUT2D eigenvalue weighted by Gasteiger charge is -2.27. The number of Topliss-reactive ketones (excluding diaryl/α,β-unsaturated/α-hetero) is 1. The van der Waals surface area contributed by atoms with Crippen molar-refractivity contribution in [3.05, 3.63) is 35.6 Å². The molecule has 116 valence electrons. The van der Waals surface area contributed by atoms with Gasteiger partial charge in [0, 0.05) is 19.0 Å². The number of ketones is 1. The first-order valence-electron chi connectivity index (χ1n) is 7.77. The van der Waals surface area contributed by atoms with Crippen LogP contribution in [0.4, 0.5) is 4.39 Å². The molecule has 1 aliphatic heterocycles. The number of carbonyl (C=O) groups is 1. The number of benzene rings is 1. The van der Waals surface area contributed by atoms with Crippen LogP contribution in [0.15, 0.2) is 24.3 Å². The van der Waals surface area contributed by atoms with Gasteiger partial charge in [-0.3, -0.25) is 14.6 Å². The Kier molecular flexibility index (Phi) is 5.88. The van der Waals surface area contributed by atoms with Gasteiger partial charge >= 0.3 is 0 Å². The van der Waals surface area contributed by atoms with E-state index in [-0.39, 0.29) is 11.6 Å². The van der Waals surface area contributed by atoms with E-state index >= 15 is 0 Å². The van der Waals surface area contributed by atoms with Gasteiger partial charge in [0.05, 0.1) is 6.54 Å². The largest absolute Gasteiger partial charge is 0.299 e. The Bertz CT molecular complexity index is 460. The second-order valence-corrected chi connectivity index (χ2v) is 5.96. The maximum Gasteiger partial charge on any atom is 0.151 e. The van der Waals surface area contributed by atoms with Gasteiger partial charge in [0.25, 0.3) is 0 Å². The van der Waals surface area contributed by atoms with Crippen LogP contribution in [0.1, 0.15) is 25.3 Å². The highest BCUT2D eigenvalue weighted by atomic mass is 19.1.